The fraction of sp³-hybridized carbons (Fsp3) is 0.556. The van der Waals surface area contributed by atoms with Gasteiger partial charge in [0.15, 0.2) is 11.5 Å². The highest BCUT2D eigenvalue weighted by Gasteiger charge is 2.32. The van der Waals surface area contributed by atoms with Crippen LogP contribution < -0.4 is 20.1 Å². The summed E-state index contributed by atoms with van der Waals surface area (Å²) in [4.78, 5) is 25.8. The van der Waals surface area contributed by atoms with Gasteiger partial charge in [0, 0.05) is 51.2 Å². The second-order valence-corrected chi connectivity index (χ2v) is 6.90. The van der Waals surface area contributed by atoms with Crippen LogP contribution >= 0.6 is 0 Å². The Hall–Kier alpha value is -2.44. The molecule has 1 aromatic rings. The lowest BCUT2D eigenvalue weighted by atomic mass is 10.1. The molecular formula is C18H25N3O4. The number of benzene rings is 1. The second kappa shape index (κ2) is 6.82. The van der Waals surface area contributed by atoms with Gasteiger partial charge in [-0.2, -0.15) is 0 Å². The van der Waals surface area contributed by atoms with Crippen LogP contribution in [0.2, 0.25) is 0 Å². The summed E-state index contributed by atoms with van der Waals surface area (Å²) in [5, 5.41) is 5.86. The van der Waals surface area contributed by atoms with E-state index < -0.39 is 5.79 Å². The van der Waals surface area contributed by atoms with Gasteiger partial charge in [-0.3, -0.25) is 4.79 Å². The van der Waals surface area contributed by atoms with Crippen LogP contribution in [0.15, 0.2) is 18.2 Å². The van der Waals surface area contributed by atoms with Crippen LogP contribution in [0.4, 0.5) is 10.5 Å². The Labute approximate surface area is 147 Å². The summed E-state index contributed by atoms with van der Waals surface area (Å²) >= 11 is 0. The maximum absolute atomic E-state index is 12.5. The number of anilines is 1. The van der Waals surface area contributed by atoms with E-state index in [1.807, 2.05) is 20.8 Å². The van der Waals surface area contributed by atoms with Gasteiger partial charge < -0.3 is 25.0 Å². The smallest absolute Gasteiger partial charge is 0.321 e. The van der Waals surface area contributed by atoms with E-state index in [-0.39, 0.29) is 18.0 Å². The molecule has 3 rings (SSSR count). The van der Waals surface area contributed by atoms with Gasteiger partial charge in [0.1, 0.15) is 0 Å². The molecule has 0 saturated carbocycles. The number of nitrogens with zero attached hydrogens (tertiary/aromatic N) is 1. The van der Waals surface area contributed by atoms with E-state index in [0.717, 1.165) is 12.8 Å². The van der Waals surface area contributed by atoms with Crippen molar-refractivity contribution in [2.45, 2.75) is 51.9 Å². The number of ether oxygens (including phenoxy) is 2. The summed E-state index contributed by atoms with van der Waals surface area (Å²) in [5.41, 5.74) is 0.657. The molecule has 0 aromatic heterocycles. The normalized spacial score (nSPS) is 20.9. The molecular weight excluding hydrogens is 322 g/mol. The van der Waals surface area contributed by atoms with E-state index in [0.29, 0.717) is 36.7 Å². The highest BCUT2D eigenvalue weighted by Crippen LogP contribution is 2.40. The van der Waals surface area contributed by atoms with Crippen molar-refractivity contribution in [3.05, 3.63) is 18.2 Å². The number of piperidine rings is 1. The Bertz CT molecular complexity index is 674. The predicted molar refractivity (Wildman–Crippen MR) is 93.8 cm³/mol. The lowest BCUT2D eigenvalue weighted by Gasteiger charge is -2.33. The summed E-state index contributed by atoms with van der Waals surface area (Å²) in [6.07, 6.45) is 2.22. The lowest BCUT2D eigenvalue weighted by Crippen LogP contribution is -2.50. The Morgan fingerprint density at radius 1 is 1.28 bits per heavy atom. The highest BCUT2D eigenvalue weighted by molar-refractivity contribution is 5.90. The number of amides is 3. The molecule has 2 aliphatic rings. The molecule has 7 nitrogen and oxygen atoms in total. The zero-order chi connectivity index (χ0) is 18.0. The molecule has 1 saturated heterocycles. The first-order valence-corrected chi connectivity index (χ1v) is 8.73. The molecule has 1 atom stereocenters. The summed E-state index contributed by atoms with van der Waals surface area (Å²) in [7, 11) is 0. The summed E-state index contributed by atoms with van der Waals surface area (Å²) in [6.45, 7) is 6.70. The Kier molecular flexibility index (Phi) is 4.74. The van der Waals surface area contributed by atoms with Crippen LogP contribution in [0.3, 0.4) is 0 Å². The molecule has 1 fully saturated rings. The molecule has 3 amide bonds. The first-order chi connectivity index (χ1) is 11.9. The highest BCUT2D eigenvalue weighted by atomic mass is 16.7. The molecule has 0 aliphatic carbocycles. The van der Waals surface area contributed by atoms with Crippen molar-refractivity contribution in [2.24, 2.45) is 0 Å². The van der Waals surface area contributed by atoms with Crippen molar-refractivity contribution in [1.82, 2.24) is 10.2 Å². The van der Waals surface area contributed by atoms with E-state index in [1.54, 1.807) is 23.1 Å². The first-order valence-electron chi connectivity index (χ1n) is 8.73. The number of fused-ring (bicyclic) bond motifs is 1. The van der Waals surface area contributed by atoms with Crippen LogP contribution in [0, 0.1) is 0 Å². The zero-order valence-corrected chi connectivity index (χ0v) is 14.9. The molecule has 7 heteroatoms. The molecule has 2 heterocycles. The van der Waals surface area contributed by atoms with Crippen molar-refractivity contribution in [3.63, 3.8) is 0 Å². The average molecular weight is 347 g/mol. The van der Waals surface area contributed by atoms with Gasteiger partial charge in [-0.1, -0.05) is 6.92 Å². The maximum atomic E-state index is 12.5. The van der Waals surface area contributed by atoms with Gasteiger partial charge in [0.25, 0.3) is 0 Å². The van der Waals surface area contributed by atoms with Crippen LogP contribution in [0.25, 0.3) is 0 Å². The van der Waals surface area contributed by atoms with E-state index in [2.05, 4.69) is 10.6 Å². The van der Waals surface area contributed by atoms with Gasteiger partial charge in [0.2, 0.25) is 11.7 Å². The van der Waals surface area contributed by atoms with Gasteiger partial charge in [-0.05, 0) is 25.0 Å². The number of hydrogen-bond acceptors (Lipinski definition) is 4. The second-order valence-electron chi connectivity index (χ2n) is 6.90. The first kappa shape index (κ1) is 17.4. The van der Waals surface area contributed by atoms with Crippen molar-refractivity contribution >= 4 is 17.6 Å². The number of likely N-dealkylation sites (tertiary alicyclic amines) is 1. The lowest BCUT2D eigenvalue weighted by molar-refractivity contribution is -0.121. The summed E-state index contributed by atoms with van der Waals surface area (Å²) < 4.78 is 11.3. The third kappa shape index (κ3) is 4.15. The number of carbonyl (C=O) groups is 2. The molecule has 25 heavy (non-hydrogen) atoms. The molecule has 1 aromatic carbocycles. The van der Waals surface area contributed by atoms with E-state index in [1.165, 1.54) is 0 Å². The topological polar surface area (TPSA) is 79.9 Å². The Morgan fingerprint density at radius 3 is 2.80 bits per heavy atom. The van der Waals surface area contributed by atoms with E-state index in [4.69, 9.17) is 9.47 Å². The third-order valence-corrected chi connectivity index (χ3v) is 4.30. The zero-order valence-electron chi connectivity index (χ0n) is 14.9. The van der Waals surface area contributed by atoms with Crippen molar-refractivity contribution in [3.8, 4) is 11.5 Å². The number of carbonyl (C=O) groups excluding carboxylic acids is 2. The SMILES string of the molecule is CCC(=O)N[C@H]1CCCN(C(=O)Nc2ccc3c(c2)OC(C)(C)O3)C1. The average Bonchev–Trinajstić information content (AvgIpc) is 2.88. The van der Waals surface area contributed by atoms with Crippen LogP contribution in [-0.2, 0) is 4.79 Å². The van der Waals surface area contributed by atoms with E-state index in [9.17, 15) is 9.59 Å². The third-order valence-electron chi connectivity index (χ3n) is 4.30. The molecule has 0 bridgehead atoms. The summed E-state index contributed by atoms with van der Waals surface area (Å²) in [5.74, 6) is 0.617. The fourth-order valence-electron chi connectivity index (χ4n) is 3.11. The molecule has 2 aliphatic heterocycles. The van der Waals surface area contributed by atoms with Crippen LogP contribution in [0.1, 0.15) is 40.0 Å². The minimum absolute atomic E-state index is 0.0181. The largest absolute Gasteiger partial charge is 0.449 e. The van der Waals surface area contributed by atoms with E-state index >= 15 is 0 Å². The Morgan fingerprint density at radius 2 is 2.04 bits per heavy atom. The quantitative estimate of drug-likeness (QED) is 0.881. The molecule has 2 N–H and O–H groups in total. The van der Waals surface area contributed by atoms with Crippen molar-refractivity contribution in [2.75, 3.05) is 18.4 Å². The van der Waals surface area contributed by atoms with Crippen LogP contribution in [-0.4, -0.2) is 41.8 Å². The van der Waals surface area contributed by atoms with Gasteiger partial charge in [-0.15, -0.1) is 0 Å². The minimum Gasteiger partial charge on any atom is -0.449 e. The van der Waals surface area contributed by atoms with Crippen LogP contribution in [0.5, 0.6) is 11.5 Å². The monoisotopic (exact) mass is 347 g/mol. The standard InChI is InChI=1S/C18H25N3O4/c1-4-16(22)19-13-6-5-9-21(11-13)17(23)20-12-7-8-14-15(10-12)25-18(2,3)24-14/h7-8,10,13H,4-6,9,11H2,1-3H3,(H,19,22)(H,20,23)/t13-/m0/s1. The number of rotatable bonds is 3. The molecule has 0 unspecified atom stereocenters. The molecule has 0 spiro atoms. The number of urea groups is 1. The number of nitrogens with one attached hydrogen (secondary N) is 2. The summed E-state index contributed by atoms with van der Waals surface area (Å²) in [6, 6.07) is 5.20. The maximum Gasteiger partial charge on any atom is 0.321 e. The minimum atomic E-state index is -0.692. The van der Waals surface area contributed by atoms with Crippen molar-refractivity contribution < 1.29 is 19.1 Å². The molecule has 136 valence electrons. The fourth-order valence-corrected chi connectivity index (χ4v) is 3.11. The van der Waals surface area contributed by atoms with Gasteiger partial charge in [0.05, 0.1) is 0 Å². The predicted octanol–water partition coefficient (Wildman–Crippen LogP) is 2.72. The van der Waals surface area contributed by atoms with Gasteiger partial charge in [-0.25, -0.2) is 4.79 Å². The molecule has 0 radical (unpaired) electrons. The van der Waals surface area contributed by atoms with Gasteiger partial charge >= 0.3 is 6.03 Å². The van der Waals surface area contributed by atoms with Crippen molar-refractivity contribution in [1.29, 1.82) is 0 Å². The number of hydrogen-bond donors (Lipinski definition) is 2. The Balaban J connectivity index is 1.60.